The van der Waals surface area contributed by atoms with Crippen molar-refractivity contribution in [1.82, 2.24) is 0 Å². The third kappa shape index (κ3) is 5.31. The summed E-state index contributed by atoms with van der Waals surface area (Å²) in [5.74, 6) is -0.0473. The average Bonchev–Trinajstić information content (AvgIpc) is 2.32. The third-order valence-corrected chi connectivity index (χ3v) is 2.66. The molecule has 1 aromatic rings. The first kappa shape index (κ1) is 14.7. The predicted octanol–water partition coefficient (Wildman–Crippen LogP) is 1.50. The maximum absolute atomic E-state index is 11.3. The van der Waals surface area contributed by atoms with E-state index in [1.807, 2.05) is 0 Å². The van der Waals surface area contributed by atoms with Gasteiger partial charge in [0.2, 0.25) is 5.12 Å². The van der Waals surface area contributed by atoms with Crippen LogP contribution in [0.15, 0.2) is 29.2 Å². The van der Waals surface area contributed by atoms with Crippen molar-refractivity contribution < 1.29 is 23.8 Å². The molecule has 0 unspecified atom stereocenters. The first-order chi connectivity index (χ1) is 8.65. The summed E-state index contributed by atoms with van der Waals surface area (Å²) in [4.78, 5) is 23.2. The highest BCUT2D eigenvalue weighted by Crippen LogP contribution is 2.22. The number of methoxy groups -OCH3 is 2. The lowest BCUT2D eigenvalue weighted by Gasteiger charge is -2.04. The van der Waals surface area contributed by atoms with Crippen LogP contribution in [-0.4, -0.2) is 38.5 Å². The van der Waals surface area contributed by atoms with Crippen LogP contribution in [0.25, 0.3) is 0 Å². The van der Waals surface area contributed by atoms with Gasteiger partial charge in [-0.25, -0.2) is 4.79 Å². The fourth-order valence-corrected chi connectivity index (χ4v) is 1.85. The van der Waals surface area contributed by atoms with Gasteiger partial charge in [-0.15, -0.1) is 0 Å². The van der Waals surface area contributed by atoms with E-state index in [9.17, 15) is 9.59 Å². The molecular weight excluding hydrogens is 256 g/mol. The first-order valence-corrected chi connectivity index (χ1v) is 5.96. The quantitative estimate of drug-likeness (QED) is 0.443. The Kier molecular flexibility index (Phi) is 6.42. The van der Waals surface area contributed by atoms with Crippen molar-refractivity contribution in [3.05, 3.63) is 24.3 Å². The summed E-state index contributed by atoms with van der Waals surface area (Å²) in [6, 6.07) is 6.65. The van der Waals surface area contributed by atoms with Crippen LogP contribution in [0.1, 0.15) is 0 Å². The maximum atomic E-state index is 11.3. The molecule has 0 heterocycles. The first-order valence-electron chi connectivity index (χ1n) is 5.15. The lowest BCUT2D eigenvalue weighted by Crippen LogP contribution is -2.13. The molecule has 0 amide bonds. The zero-order valence-electron chi connectivity index (χ0n) is 10.2. The van der Waals surface area contributed by atoms with E-state index in [0.717, 1.165) is 16.7 Å². The highest BCUT2D eigenvalue weighted by Gasteiger charge is 2.06. The molecule has 0 fully saturated rings. The summed E-state index contributed by atoms with van der Waals surface area (Å²) in [5.41, 5.74) is 0. The van der Waals surface area contributed by atoms with E-state index in [1.165, 1.54) is 14.2 Å². The molecule has 1 aromatic carbocycles. The van der Waals surface area contributed by atoms with Crippen molar-refractivity contribution >= 4 is 22.8 Å². The summed E-state index contributed by atoms with van der Waals surface area (Å²) >= 11 is 1.08. The summed E-state index contributed by atoms with van der Waals surface area (Å²) in [7, 11) is 2.89. The number of hydrogen-bond acceptors (Lipinski definition) is 6. The van der Waals surface area contributed by atoms with Gasteiger partial charge in [-0.3, -0.25) is 4.79 Å². The molecule has 5 nitrogen and oxygen atoms in total. The number of carbonyl (C=O) groups excluding carboxylic acids is 2. The molecule has 0 aliphatic heterocycles. The van der Waals surface area contributed by atoms with Gasteiger partial charge in [0.25, 0.3) is 0 Å². The number of benzene rings is 1. The van der Waals surface area contributed by atoms with Crippen LogP contribution in [0.4, 0.5) is 0 Å². The second kappa shape index (κ2) is 7.86. The SMILES string of the molecule is COCC(=O)Oc1ccc(SC(=O)COC)cc1. The Morgan fingerprint density at radius 3 is 2.22 bits per heavy atom. The summed E-state index contributed by atoms with van der Waals surface area (Å²) in [6.07, 6.45) is 0. The number of ether oxygens (including phenoxy) is 3. The minimum Gasteiger partial charge on any atom is -0.425 e. The molecule has 0 aromatic heterocycles. The number of carbonyl (C=O) groups is 2. The van der Waals surface area contributed by atoms with E-state index in [2.05, 4.69) is 4.74 Å². The van der Waals surface area contributed by atoms with Crippen molar-refractivity contribution in [2.75, 3.05) is 27.4 Å². The van der Waals surface area contributed by atoms with Crippen molar-refractivity contribution in [1.29, 1.82) is 0 Å². The van der Waals surface area contributed by atoms with E-state index in [4.69, 9.17) is 9.47 Å². The van der Waals surface area contributed by atoms with Crippen LogP contribution < -0.4 is 4.74 Å². The van der Waals surface area contributed by atoms with Crippen LogP contribution >= 0.6 is 11.8 Å². The van der Waals surface area contributed by atoms with Gasteiger partial charge in [-0.2, -0.15) is 0 Å². The molecule has 0 spiro atoms. The molecule has 0 N–H and O–H groups in total. The Morgan fingerprint density at radius 1 is 1.06 bits per heavy atom. The van der Waals surface area contributed by atoms with Crippen molar-refractivity contribution in [3.63, 3.8) is 0 Å². The Balaban J connectivity index is 2.52. The predicted molar refractivity (Wildman–Crippen MR) is 66.7 cm³/mol. The fraction of sp³-hybridized carbons (Fsp3) is 0.333. The van der Waals surface area contributed by atoms with Crippen LogP contribution in [0.3, 0.4) is 0 Å². The Morgan fingerprint density at radius 2 is 1.67 bits per heavy atom. The lowest BCUT2D eigenvalue weighted by atomic mass is 10.3. The molecule has 0 radical (unpaired) electrons. The largest absolute Gasteiger partial charge is 0.425 e. The molecule has 0 saturated carbocycles. The van der Waals surface area contributed by atoms with E-state index < -0.39 is 5.97 Å². The molecule has 0 saturated heterocycles. The zero-order chi connectivity index (χ0) is 13.4. The zero-order valence-corrected chi connectivity index (χ0v) is 11.0. The normalized spacial score (nSPS) is 10.1. The number of hydrogen-bond donors (Lipinski definition) is 0. The Hall–Kier alpha value is -1.37. The van der Waals surface area contributed by atoms with Crippen LogP contribution in [0, 0.1) is 0 Å². The van der Waals surface area contributed by atoms with Crippen molar-refractivity contribution in [2.45, 2.75) is 4.90 Å². The minimum atomic E-state index is -0.464. The van der Waals surface area contributed by atoms with Crippen LogP contribution in [0.5, 0.6) is 5.75 Å². The van der Waals surface area contributed by atoms with Crippen molar-refractivity contribution in [2.24, 2.45) is 0 Å². The monoisotopic (exact) mass is 270 g/mol. The van der Waals surface area contributed by atoms with Gasteiger partial charge in [-0.1, -0.05) is 0 Å². The van der Waals surface area contributed by atoms with Gasteiger partial charge >= 0.3 is 5.97 Å². The summed E-state index contributed by atoms with van der Waals surface area (Å²) in [6.45, 7) is -0.0297. The molecule has 0 aliphatic carbocycles. The van der Waals surface area contributed by atoms with E-state index >= 15 is 0 Å². The minimum absolute atomic E-state index is 0.0647. The average molecular weight is 270 g/mol. The van der Waals surface area contributed by atoms with E-state index in [-0.39, 0.29) is 18.3 Å². The van der Waals surface area contributed by atoms with E-state index in [1.54, 1.807) is 24.3 Å². The van der Waals surface area contributed by atoms with Gasteiger partial charge in [-0.05, 0) is 36.0 Å². The molecule has 1 rings (SSSR count). The standard InChI is InChI=1S/C12H14O5S/c1-15-7-11(13)17-9-3-5-10(6-4-9)18-12(14)8-16-2/h3-6H,7-8H2,1-2H3. The highest BCUT2D eigenvalue weighted by molar-refractivity contribution is 8.13. The van der Waals surface area contributed by atoms with Crippen LogP contribution in [-0.2, 0) is 19.1 Å². The fourth-order valence-electron chi connectivity index (χ4n) is 1.13. The highest BCUT2D eigenvalue weighted by atomic mass is 32.2. The van der Waals surface area contributed by atoms with Crippen LogP contribution in [0.2, 0.25) is 0 Å². The van der Waals surface area contributed by atoms with Gasteiger partial charge in [0, 0.05) is 19.1 Å². The smallest absolute Gasteiger partial charge is 0.337 e. The molecule has 0 atom stereocenters. The third-order valence-electron chi connectivity index (χ3n) is 1.81. The van der Waals surface area contributed by atoms with Crippen molar-refractivity contribution in [3.8, 4) is 5.75 Å². The number of esters is 1. The Labute approximate surface area is 109 Å². The maximum Gasteiger partial charge on any atom is 0.337 e. The lowest BCUT2D eigenvalue weighted by molar-refractivity contribution is -0.138. The number of thioether (sulfide) groups is 1. The van der Waals surface area contributed by atoms with Gasteiger partial charge < -0.3 is 14.2 Å². The molecule has 18 heavy (non-hydrogen) atoms. The summed E-state index contributed by atoms with van der Waals surface area (Å²) in [5, 5.41) is -0.0818. The number of rotatable bonds is 6. The van der Waals surface area contributed by atoms with Gasteiger partial charge in [0.05, 0.1) is 0 Å². The van der Waals surface area contributed by atoms with Gasteiger partial charge in [0.1, 0.15) is 19.0 Å². The topological polar surface area (TPSA) is 61.8 Å². The molecule has 98 valence electrons. The second-order valence-electron chi connectivity index (χ2n) is 3.29. The summed E-state index contributed by atoms with van der Waals surface area (Å²) < 4.78 is 14.3. The molecule has 6 heteroatoms. The molecule has 0 aliphatic rings. The molecule has 0 bridgehead atoms. The molecular formula is C12H14O5S. The Bertz CT molecular complexity index is 362. The van der Waals surface area contributed by atoms with E-state index in [0.29, 0.717) is 5.75 Å². The van der Waals surface area contributed by atoms with Gasteiger partial charge in [0.15, 0.2) is 0 Å². The second-order valence-corrected chi connectivity index (χ2v) is 4.42.